The largest absolute Gasteiger partial charge is 0.489 e. The Bertz CT molecular complexity index is 722. The zero-order chi connectivity index (χ0) is 18.4. The van der Waals surface area contributed by atoms with Crippen molar-refractivity contribution in [3.05, 3.63) is 59.9 Å². The first-order valence-corrected chi connectivity index (χ1v) is 7.99. The Labute approximate surface area is 147 Å². The van der Waals surface area contributed by atoms with Crippen molar-refractivity contribution in [3.63, 3.8) is 0 Å². The molecule has 2 rings (SSSR count). The highest BCUT2D eigenvalue weighted by Gasteiger charge is 2.29. The fourth-order valence-corrected chi connectivity index (χ4v) is 2.29. The summed E-state index contributed by atoms with van der Waals surface area (Å²) in [5, 5.41) is 2.78. The Morgan fingerprint density at radius 1 is 1.20 bits per heavy atom. The van der Waals surface area contributed by atoms with Gasteiger partial charge in [-0.2, -0.15) is 0 Å². The van der Waals surface area contributed by atoms with Gasteiger partial charge in [0.25, 0.3) is 0 Å². The van der Waals surface area contributed by atoms with E-state index in [1.807, 2.05) is 32.9 Å². The average molecular weight is 341 g/mol. The Kier molecular flexibility index (Phi) is 5.75. The number of hydrogen-bond donors (Lipinski definition) is 2. The van der Waals surface area contributed by atoms with Crippen LogP contribution in [0.25, 0.3) is 0 Å². The van der Waals surface area contributed by atoms with Gasteiger partial charge in [-0.3, -0.25) is 14.6 Å². The normalized spacial score (nSPS) is 12.3. The highest BCUT2D eigenvalue weighted by Crippen LogP contribution is 2.21. The maximum atomic E-state index is 12.3. The molecule has 0 aliphatic carbocycles. The minimum absolute atomic E-state index is 0.386. The molecular formula is C19H23N3O3. The van der Waals surface area contributed by atoms with E-state index >= 15 is 0 Å². The lowest BCUT2D eigenvalue weighted by molar-refractivity contribution is -0.130. The van der Waals surface area contributed by atoms with E-state index in [0.29, 0.717) is 17.9 Å². The van der Waals surface area contributed by atoms with E-state index in [1.165, 1.54) is 0 Å². The number of nitrogens with two attached hydrogens (primary N) is 1. The van der Waals surface area contributed by atoms with Crippen molar-refractivity contribution >= 4 is 11.8 Å². The van der Waals surface area contributed by atoms with Gasteiger partial charge in [0, 0.05) is 23.5 Å². The molecule has 132 valence electrons. The molecular weight excluding hydrogens is 318 g/mol. The number of hydrogen-bond acceptors (Lipinski definition) is 4. The predicted octanol–water partition coefficient (Wildman–Crippen LogP) is 2.14. The van der Waals surface area contributed by atoms with E-state index in [4.69, 9.17) is 10.5 Å². The van der Waals surface area contributed by atoms with E-state index in [2.05, 4.69) is 10.3 Å². The molecule has 1 heterocycles. The molecule has 2 amide bonds. The molecule has 0 saturated heterocycles. The third-order valence-electron chi connectivity index (χ3n) is 3.39. The van der Waals surface area contributed by atoms with Gasteiger partial charge in [-0.15, -0.1) is 0 Å². The van der Waals surface area contributed by atoms with Gasteiger partial charge in [0.2, 0.25) is 11.8 Å². The smallest absolute Gasteiger partial charge is 0.237 e. The lowest BCUT2D eigenvalue weighted by Crippen LogP contribution is -2.46. The van der Waals surface area contributed by atoms with Crippen LogP contribution in [0.2, 0.25) is 0 Å². The van der Waals surface area contributed by atoms with E-state index in [9.17, 15) is 9.59 Å². The van der Waals surface area contributed by atoms with E-state index in [1.54, 1.807) is 36.7 Å². The van der Waals surface area contributed by atoms with Crippen molar-refractivity contribution in [2.24, 2.45) is 5.73 Å². The number of nitrogens with one attached hydrogen (secondary N) is 1. The molecule has 1 atom stereocenters. The number of amides is 2. The lowest BCUT2D eigenvalue weighted by Gasteiger charge is -2.23. The lowest BCUT2D eigenvalue weighted by atomic mass is 9.96. The Hall–Kier alpha value is -2.89. The zero-order valence-electron chi connectivity index (χ0n) is 14.7. The second-order valence-corrected chi connectivity index (χ2v) is 6.79. The molecule has 6 heteroatoms. The molecule has 2 aromatic rings. The SMILES string of the molecule is CC(C)(C)NC(=O)C(C(N)=O)c1ccc(OCc2cccnc2)cc1. The molecule has 0 bridgehead atoms. The fourth-order valence-electron chi connectivity index (χ4n) is 2.29. The van der Waals surface area contributed by atoms with Crippen LogP contribution in [0.1, 0.15) is 37.8 Å². The van der Waals surface area contributed by atoms with Gasteiger partial charge < -0.3 is 15.8 Å². The second kappa shape index (κ2) is 7.79. The maximum Gasteiger partial charge on any atom is 0.237 e. The molecule has 0 fully saturated rings. The van der Waals surface area contributed by atoms with Crippen LogP contribution in [0.3, 0.4) is 0 Å². The summed E-state index contributed by atoms with van der Waals surface area (Å²) < 4.78 is 5.67. The van der Waals surface area contributed by atoms with E-state index < -0.39 is 23.3 Å². The second-order valence-electron chi connectivity index (χ2n) is 6.79. The molecule has 1 aromatic heterocycles. The first kappa shape index (κ1) is 18.4. The van der Waals surface area contributed by atoms with Crippen molar-refractivity contribution in [3.8, 4) is 5.75 Å². The number of aromatic nitrogens is 1. The van der Waals surface area contributed by atoms with Gasteiger partial charge in [-0.05, 0) is 44.5 Å². The standard InChI is InChI=1S/C19H23N3O3/c1-19(2,3)22-18(24)16(17(20)23)14-6-8-15(9-7-14)25-12-13-5-4-10-21-11-13/h4-11,16H,12H2,1-3H3,(H2,20,23)(H,22,24). The Balaban J connectivity index is 2.07. The Morgan fingerprint density at radius 3 is 2.40 bits per heavy atom. The minimum atomic E-state index is -1.04. The third-order valence-corrected chi connectivity index (χ3v) is 3.39. The number of benzene rings is 1. The van der Waals surface area contributed by atoms with Crippen LogP contribution in [0.4, 0.5) is 0 Å². The van der Waals surface area contributed by atoms with Crippen LogP contribution in [-0.4, -0.2) is 22.3 Å². The highest BCUT2D eigenvalue weighted by molar-refractivity contribution is 6.05. The van der Waals surface area contributed by atoms with Crippen LogP contribution < -0.4 is 15.8 Å². The van der Waals surface area contributed by atoms with Gasteiger partial charge in [0.05, 0.1) is 0 Å². The molecule has 0 radical (unpaired) electrons. The number of carbonyl (C=O) groups is 2. The zero-order valence-corrected chi connectivity index (χ0v) is 14.7. The molecule has 0 aliphatic rings. The molecule has 1 unspecified atom stereocenters. The quantitative estimate of drug-likeness (QED) is 0.787. The maximum absolute atomic E-state index is 12.3. The molecule has 3 N–H and O–H groups in total. The first-order valence-electron chi connectivity index (χ1n) is 7.99. The molecule has 0 aliphatic heterocycles. The van der Waals surface area contributed by atoms with Gasteiger partial charge in [-0.25, -0.2) is 0 Å². The number of primary amides is 1. The van der Waals surface area contributed by atoms with Crippen molar-refractivity contribution in [2.75, 3.05) is 0 Å². The number of rotatable bonds is 6. The molecule has 25 heavy (non-hydrogen) atoms. The van der Waals surface area contributed by atoms with Gasteiger partial charge >= 0.3 is 0 Å². The number of pyridine rings is 1. The summed E-state index contributed by atoms with van der Waals surface area (Å²) >= 11 is 0. The monoisotopic (exact) mass is 341 g/mol. The van der Waals surface area contributed by atoms with E-state index in [-0.39, 0.29) is 0 Å². The summed E-state index contributed by atoms with van der Waals surface area (Å²) in [6.07, 6.45) is 3.43. The van der Waals surface area contributed by atoms with Crippen LogP contribution in [-0.2, 0) is 16.2 Å². The van der Waals surface area contributed by atoms with Crippen molar-refractivity contribution < 1.29 is 14.3 Å². The predicted molar refractivity (Wildman–Crippen MR) is 94.8 cm³/mol. The number of ether oxygens (including phenoxy) is 1. The van der Waals surface area contributed by atoms with Crippen molar-refractivity contribution in [1.82, 2.24) is 10.3 Å². The number of carbonyl (C=O) groups excluding carboxylic acids is 2. The van der Waals surface area contributed by atoms with Crippen LogP contribution in [0.5, 0.6) is 5.75 Å². The third kappa shape index (κ3) is 5.60. The summed E-state index contributed by atoms with van der Waals surface area (Å²) in [5.41, 5.74) is 6.46. The molecule has 6 nitrogen and oxygen atoms in total. The van der Waals surface area contributed by atoms with Gasteiger partial charge in [0.15, 0.2) is 0 Å². The summed E-state index contributed by atoms with van der Waals surface area (Å²) in [6.45, 7) is 5.92. The number of nitrogens with zero attached hydrogens (tertiary/aromatic N) is 1. The molecule has 0 spiro atoms. The van der Waals surface area contributed by atoms with Gasteiger partial charge in [-0.1, -0.05) is 18.2 Å². The first-order chi connectivity index (χ1) is 11.8. The van der Waals surface area contributed by atoms with Crippen LogP contribution >= 0.6 is 0 Å². The summed E-state index contributed by atoms with van der Waals surface area (Å²) in [5.74, 6) is -1.51. The van der Waals surface area contributed by atoms with Crippen LogP contribution in [0.15, 0.2) is 48.8 Å². The van der Waals surface area contributed by atoms with Gasteiger partial charge in [0.1, 0.15) is 18.3 Å². The topological polar surface area (TPSA) is 94.3 Å². The summed E-state index contributed by atoms with van der Waals surface area (Å²) in [4.78, 5) is 28.1. The molecule has 1 aromatic carbocycles. The highest BCUT2D eigenvalue weighted by atomic mass is 16.5. The van der Waals surface area contributed by atoms with Crippen LogP contribution in [0, 0.1) is 0 Å². The fraction of sp³-hybridized carbons (Fsp3) is 0.316. The average Bonchev–Trinajstić information content (AvgIpc) is 2.53. The van der Waals surface area contributed by atoms with Crippen molar-refractivity contribution in [1.29, 1.82) is 0 Å². The molecule has 0 saturated carbocycles. The Morgan fingerprint density at radius 2 is 1.88 bits per heavy atom. The minimum Gasteiger partial charge on any atom is -0.489 e. The van der Waals surface area contributed by atoms with E-state index in [0.717, 1.165) is 5.56 Å². The summed E-state index contributed by atoms with van der Waals surface area (Å²) in [7, 11) is 0. The summed E-state index contributed by atoms with van der Waals surface area (Å²) in [6, 6.07) is 10.5. The van der Waals surface area contributed by atoms with Crippen molar-refractivity contribution in [2.45, 2.75) is 38.8 Å².